The summed E-state index contributed by atoms with van der Waals surface area (Å²) in [5, 5.41) is 12.3. The average molecular weight is 393 g/mol. The number of anilines is 1. The van der Waals surface area contributed by atoms with Gasteiger partial charge in [-0.05, 0) is 29.7 Å². The van der Waals surface area contributed by atoms with Gasteiger partial charge in [-0.3, -0.25) is 4.79 Å². The Bertz CT molecular complexity index is 925. The van der Waals surface area contributed by atoms with E-state index < -0.39 is 12.1 Å². The Morgan fingerprint density at radius 2 is 1.90 bits per heavy atom. The summed E-state index contributed by atoms with van der Waals surface area (Å²) >= 11 is 0. The normalized spacial score (nSPS) is 11.7. The standard InChI is InChI=1S/C20H23N7O2/c1-14(2)18(26-20(29)25-16-6-4-3-5-7-16)19(28)23-11-15-8-9-17(22-10-15)27-13-21-12-24-27/h3-10,12-14,18H,11H2,1-2H3,(H,23,28)(H2,25,26,29)/t18-/m0/s1. The number of nitrogens with zero attached hydrogens (tertiary/aromatic N) is 4. The van der Waals surface area contributed by atoms with E-state index in [1.165, 1.54) is 6.33 Å². The molecule has 0 spiro atoms. The van der Waals surface area contributed by atoms with Crippen LogP contribution in [0.5, 0.6) is 0 Å². The van der Waals surface area contributed by atoms with Crippen molar-refractivity contribution in [1.82, 2.24) is 30.4 Å². The van der Waals surface area contributed by atoms with Crippen LogP contribution in [0.2, 0.25) is 0 Å². The highest BCUT2D eigenvalue weighted by molar-refractivity contribution is 5.93. The molecule has 29 heavy (non-hydrogen) atoms. The lowest BCUT2D eigenvalue weighted by atomic mass is 10.0. The minimum absolute atomic E-state index is 0.0793. The predicted octanol–water partition coefficient (Wildman–Crippen LogP) is 2.12. The molecule has 9 heteroatoms. The molecular formula is C20H23N7O2. The van der Waals surface area contributed by atoms with E-state index in [-0.39, 0.29) is 11.8 Å². The number of hydrogen-bond donors (Lipinski definition) is 3. The van der Waals surface area contributed by atoms with Gasteiger partial charge in [0.15, 0.2) is 5.82 Å². The van der Waals surface area contributed by atoms with E-state index in [0.717, 1.165) is 5.56 Å². The first-order chi connectivity index (χ1) is 14.0. The van der Waals surface area contributed by atoms with E-state index >= 15 is 0 Å². The summed E-state index contributed by atoms with van der Waals surface area (Å²) < 4.78 is 1.55. The van der Waals surface area contributed by atoms with Gasteiger partial charge >= 0.3 is 6.03 Å². The molecule has 1 aromatic carbocycles. The summed E-state index contributed by atoms with van der Waals surface area (Å²) in [6.45, 7) is 4.05. The molecule has 3 N–H and O–H groups in total. The van der Waals surface area contributed by atoms with E-state index in [1.54, 1.807) is 35.4 Å². The lowest BCUT2D eigenvalue weighted by Gasteiger charge is -2.22. The molecule has 0 unspecified atom stereocenters. The zero-order valence-electron chi connectivity index (χ0n) is 16.2. The second kappa shape index (κ2) is 9.45. The Labute approximate surface area is 168 Å². The molecule has 0 saturated heterocycles. The first-order valence-corrected chi connectivity index (χ1v) is 9.23. The van der Waals surface area contributed by atoms with Gasteiger partial charge in [-0.15, -0.1) is 0 Å². The van der Waals surface area contributed by atoms with Crippen LogP contribution in [0.4, 0.5) is 10.5 Å². The van der Waals surface area contributed by atoms with Crippen molar-refractivity contribution >= 4 is 17.6 Å². The molecule has 150 valence electrons. The quantitative estimate of drug-likeness (QED) is 0.569. The molecule has 2 heterocycles. The molecule has 9 nitrogen and oxygen atoms in total. The van der Waals surface area contributed by atoms with Gasteiger partial charge in [-0.25, -0.2) is 19.4 Å². The first kappa shape index (κ1) is 20.0. The van der Waals surface area contributed by atoms with Gasteiger partial charge < -0.3 is 16.0 Å². The van der Waals surface area contributed by atoms with Crippen LogP contribution in [-0.2, 0) is 11.3 Å². The molecule has 0 fully saturated rings. The zero-order valence-corrected chi connectivity index (χ0v) is 16.2. The maximum absolute atomic E-state index is 12.6. The van der Waals surface area contributed by atoms with Gasteiger partial charge in [0.25, 0.3) is 0 Å². The third-order valence-electron chi connectivity index (χ3n) is 4.20. The summed E-state index contributed by atoms with van der Waals surface area (Å²) in [5.74, 6) is 0.296. The summed E-state index contributed by atoms with van der Waals surface area (Å²) in [7, 11) is 0. The van der Waals surface area contributed by atoms with Gasteiger partial charge in [0, 0.05) is 18.4 Å². The fourth-order valence-electron chi connectivity index (χ4n) is 2.65. The maximum Gasteiger partial charge on any atom is 0.319 e. The van der Waals surface area contributed by atoms with Crippen molar-refractivity contribution in [2.45, 2.75) is 26.4 Å². The van der Waals surface area contributed by atoms with Crippen LogP contribution in [0.25, 0.3) is 5.82 Å². The summed E-state index contributed by atoms with van der Waals surface area (Å²) in [6, 6.07) is 11.6. The number of nitrogens with one attached hydrogen (secondary N) is 3. The molecule has 0 bridgehead atoms. The number of rotatable bonds is 7. The van der Waals surface area contributed by atoms with Crippen molar-refractivity contribution in [1.29, 1.82) is 0 Å². The third kappa shape index (κ3) is 5.61. The average Bonchev–Trinajstić information content (AvgIpc) is 3.26. The second-order valence-electron chi connectivity index (χ2n) is 6.77. The number of para-hydroxylation sites is 1. The van der Waals surface area contributed by atoms with Gasteiger partial charge in [0.1, 0.15) is 18.7 Å². The SMILES string of the molecule is CC(C)[C@H](NC(=O)Nc1ccccc1)C(=O)NCc1ccc(-n2cncn2)nc1. The van der Waals surface area contributed by atoms with Crippen LogP contribution in [0.15, 0.2) is 61.3 Å². The van der Waals surface area contributed by atoms with Gasteiger partial charge in [-0.1, -0.05) is 38.1 Å². The zero-order chi connectivity index (χ0) is 20.6. The molecule has 3 amide bonds. The Morgan fingerprint density at radius 1 is 1.10 bits per heavy atom. The van der Waals surface area contributed by atoms with E-state index in [0.29, 0.717) is 18.1 Å². The first-order valence-electron chi connectivity index (χ1n) is 9.23. The Hall–Kier alpha value is -3.75. The fraction of sp³-hybridized carbons (Fsp3) is 0.250. The molecular weight excluding hydrogens is 370 g/mol. The Morgan fingerprint density at radius 3 is 2.52 bits per heavy atom. The van der Waals surface area contributed by atoms with Crippen LogP contribution in [0.1, 0.15) is 19.4 Å². The number of amides is 3. The third-order valence-corrected chi connectivity index (χ3v) is 4.20. The van der Waals surface area contributed by atoms with Crippen molar-refractivity contribution < 1.29 is 9.59 Å². The smallest absolute Gasteiger partial charge is 0.319 e. The molecule has 1 atom stereocenters. The number of carbonyl (C=O) groups excluding carboxylic acids is 2. The Balaban J connectivity index is 1.54. The maximum atomic E-state index is 12.6. The number of hydrogen-bond acceptors (Lipinski definition) is 5. The fourth-order valence-corrected chi connectivity index (χ4v) is 2.65. The van der Waals surface area contributed by atoms with Crippen LogP contribution in [0.3, 0.4) is 0 Å². The lowest BCUT2D eigenvalue weighted by Crippen LogP contribution is -2.50. The van der Waals surface area contributed by atoms with Crippen LogP contribution >= 0.6 is 0 Å². The number of carbonyl (C=O) groups is 2. The highest BCUT2D eigenvalue weighted by Crippen LogP contribution is 2.08. The number of aromatic nitrogens is 4. The highest BCUT2D eigenvalue weighted by Gasteiger charge is 2.24. The molecule has 2 aromatic heterocycles. The van der Waals surface area contributed by atoms with Gasteiger partial charge in [-0.2, -0.15) is 5.10 Å². The molecule has 0 radical (unpaired) electrons. The molecule has 3 rings (SSSR count). The molecule has 3 aromatic rings. The van der Waals surface area contributed by atoms with Crippen molar-refractivity contribution in [3.8, 4) is 5.82 Å². The van der Waals surface area contributed by atoms with Crippen LogP contribution in [0, 0.1) is 5.92 Å². The predicted molar refractivity (Wildman–Crippen MR) is 108 cm³/mol. The Kier molecular flexibility index (Phi) is 6.51. The van der Waals surface area contributed by atoms with E-state index in [4.69, 9.17) is 0 Å². The highest BCUT2D eigenvalue weighted by atomic mass is 16.2. The number of urea groups is 1. The van der Waals surface area contributed by atoms with E-state index in [1.807, 2.05) is 38.1 Å². The topological polar surface area (TPSA) is 114 Å². The second-order valence-corrected chi connectivity index (χ2v) is 6.77. The summed E-state index contributed by atoms with van der Waals surface area (Å²) in [4.78, 5) is 33.0. The molecule has 0 aliphatic heterocycles. The van der Waals surface area contributed by atoms with Crippen LogP contribution in [-0.4, -0.2) is 37.7 Å². The minimum atomic E-state index is -0.666. The largest absolute Gasteiger partial charge is 0.350 e. The molecule has 0 saturated carbocycles. The van der Waals surface area contributed by atoms with Crippen molar-refractivity contribution in [2.24, 2.45) is 5.92 Å². The number of benzene rings is 1. The van der Waals surface area contributed by atoms with Gasteiger partial charge in [0.2, 0.25) is 5.91 Å². The van der Waals surface area contributed by atoms with Crippen molar-refractivity contribution in [2.75, 3.05) is 5.32 Å². The molecule has 0 aliphatic carbocycles. The van der Waals surface area contributed by atoms with Crippen molar-refractivity contribution in [3.05, 3.63) is 66.9 Å². The lowest BCUT2D eigenvalue weighted by molar-refractivity contribution is -0.124. The monoisotopic (exact) mass is 393 g/mol. The number of pyridine rings is 1. The van der Waals surface area contributed by atoms with Crippen LogP contribution < -0.4 is 16.0 Å². The summed E-state index contributed by atoms with van der Waals surface area (Å²) in [6.07, 6.45) is 4.66. The molecule has 0 aliphatic rings. The van der Waals surface area contributed by atoms with E-state index in [2.05, 4.69) is 31.0 Å². The minimum Gasteiger partial charge on any atom is -0.350 e. The van der Waals surface area contributed by atoms with Gasteiger partial charge in [0.05, 0.1) is 0 Å². The van der Waals surface area contributed by atoms with E-state index in [9.17, 15) is 9.59 Å². The van der Waals surface area contributed by atoms with Crippen molar-refractivity contribution in [3.63, 3.8) is 0 Å². The summed E-state index contributed by atoms with van der Waals surface area (Å²) in [5.41, 5.74) is 1.49.